The lowest BCUT2D eigenvalue weighted by Crippen LogP contribution is -2.46. The maximum Gasteiger partial charge on any atom is 0.251 e. The second-order valence-electron chi connectivity index (χ2n) is 4.68. The van der Waals surface area contributed by atoms with E-state index in [-0.39, 0.29) is 11.9 Å². The highest BCUT2D eigenvalue weighted by Gasteiger charge is 2.20. The van der Waals surface area contributed by atoms with Crippen LogP contribution < -0.4 is 10.6 Å². The fraction of sp³-hybridized carbons (Fsp3) is 0.462. The number of carbonyl (C=O) groups is 1. The van der Waals surface area contributed by atoms with Crippen LogP contribution in [0.25, 0.3) is 0 Å². The first-order valence-electron chi connectivity index (χ1n) is 6.05. The van der Waals surface area contributed by atoms with E-state index >= 15 is 0 Å². The largest absolute Gasteiger partial charge is 0.349 e. The molecule has 1 aliphatic rings. The molecule has 1 aromatic rings. The van der Waals surface area contributed by atoms with Crippen molar-refractivity contribution < 1.29 is 4.79 Å². The topological polar surface area (TPSA) is 41.1 Å². The molecule has 0 spiro atoms. The Hall–Kier alpha value is -0.580. The third-order valence-corrected chi connectivity index (χ3v) is 4.35. The van der Waals surface area contributed by atoms with E-state index in [1.54, 1.807) is 18.2 Å². The van der Waals surface area contributed by atoms with Crippen molar-refractivity contribution in [3.8, 4) is 0 Å². The average Bonchev–Trinajstić information content (AvgIpc) is 2.32. The molecule has 1 aliphatic heterocycles. The molecule has 0 saturated carbocycles. The van der Waals surface area contributed by atoms with Gasteiger partial charge in [0.1, 0.15) is 0 Å². The molecule has 2 atom stereocenters. The van der Waals surface area contributed by atoms with Crippen LogP contribution in [0.4, 0.5) is 0 Å². The molecule has 1 fully saturated rings. The number of rotatable bonds is 2. The molecule has 0 bridgehead atoms. The number of carbonyl (C=O) groups excluding carboxylic acids is 1. The van der Waals surface area contributed by atoms with Gasteiger partial charge >= 0.3 is 0 Å². The summed E-state index contributed by atoms with van der Waals surface area (Å²) >= 11 is 9.24. The third-order valence-electron chi connectivity index (χ3n) is 3.14. The Morgan fingerprint density at radius 2 is 2.33 bits per heavy atom. The second kappa shape index (κ2) is 6.04. The standard InChI is InChI=1S/C13H16BrClN2O/c1-8-6-10(4-5-16-8)17-13(18)9-2-3-12(15)11(14)7-9/h2-3,7-8,10,16H,4-6H2,1H3,(H,17,18). The van der Waals surface area contributed by atoms with Gasteiger partial charge in [-0.25, -0.2) is 0 Å². The van der Waals surface area contributed by atoms with Crippen molar-refractivity contribution in [2.24, 2.45) is 0 Å². The molecule has 1 saturated heterocycles. The lowest BCUT2D eigenvalue weighted by atomic mass is 10.0. The van der Waals surface area contributed by atoms with Gasteiger partial charge < -0.3 is 10.6 Å². The molecule has 0 aliphatic carbocycles. The molecular weight excluding hydrogens is 316 g/mol. The quantitative estimate of drug-likeness (QED) is 0.875. The lowest BCUT2D eigenvalue weighted by Gasteiger charge is -2.28. The van der Waals surface area contributed by atoms with Crippen molar-refractivity contribution in [1.82, 2.24) is 10.6 Å². The Morgan fingerprint density at radius 1 is 1.56 bits per heavy atom. The highest BCUT2D eigenvalue weighted by atomic mass is 79.9. The van der Waals surface area contributed by atoms with E-state index in [0.29, 0.717) is 16.6 Å². The minimum absolute atomic E-state index is 0.0357. The summed E-state index contributed by atoms with van der Waals surface area (Å²) in [6.45, 7) is 3.09. The van der Waals surface area contributed by atoms with Gasteiger partial charge in [-0.1, -0.05) is 11.6 Å². The van der Waals surface area contributed by atoms with E-state index in [9.17, 15) is 4.79 Å². The van der Waals surface area contributed by atoms with Gasteiger partial charge in [-0.3, -0.25) is 4.79 Å². The van der Waals surface area contributed by atoms with Crippen LogP contribution >= 0.6 is 27.5 Å². The van der Waals surface area contributed by atoms with Crippen molar-refractivity contribution in [1.29, 1.82) is 0 Å². The summed E-state index contributed by atoms with van der Waals surface area (Å²) in [6, 6.07) is 5.94. The van der Waals surface area contributed by atoms with Crippen LogP contribution in [-0.4, -0.2) is 24.5 Å². The molecule has 2 rings (SSSR count). The molecule has 0 aromatic heterocycles. The minimum atomic E-state index is -0.0357. The van der Waals surface area contributed by atoms with Gasteiger partial charge in [0.05, 0.1) is 5.02 Å². The van der Waals surface area contributed by atoms with Crippen LogP contribution in [0.5, 0.6) is 0 Å². The fourth-order valence-electron chi connectivity index (χ4n) is 2.17. The predicted molar refractivity (Wildman–Crippen MR) is 77.1 cm³/mol. The summed E-state index contributed by atoms with van der Waals surface area (Å²) in [6.07, 6.45) is 1.95. The summed E-state index contributed by atoms with van der Waals surface area (Å²) in [7, 11) is 0. The lowest BCUT2D eigenvalue weighted by molar-refractivity contribution is 0.0925. The van der Waals surface area contributed by atoms with Crippen LogP contribution in [0.2, 0.25) is 5.02 Å². The molecule has 1 aromatic carbocycles. The Bertz CT molecular complexity index is 453. The number of hydrogen-bond acceptors (Lipinski definition) is 2. The smallest absolute Gasteiger partial charge is 0.251 e. The Morgan fingerprint density at radius 3 is 3.00 bits per heavy atom. The van der Waals surface area contributed by atoms with Gasteiger partial charge in [0.15, 0.2) is 0 Å². The molecule has 18 heavy (non-hydrogen) atoms. The van der Waals surface area contributed by atoms with Crippen LogP contribution in [0.1, 0.15) is 30.1 Å². The second-order valence-corrected chi connectivity index (χ2v) is 5.94. The number of nitrogens with one attached hydrogen (secondary N) is 2. The van der Waals surface area contributed by atoms with Gasteiger partial charge in [0.25, 0.3) is 5.91 Å². The first-order valence-corrected chi connectivity index (χ1v) is 7.22. The summed E-state index contributed by atoms with van der Waals surface area (Å²) in [4.78, 5) is 12.1. The number of hydrogen-bond donors (Lipinski definition) is 2. The maximum absolute atomic E-state index is 12.1. The van der Waals surface area contributed by atoms with E-state index in [2.05, 4.69) is 33.5 Å². The van der Waals surface area contributed by atoms with E-state index in [4.69, 9.17) is 11.6 Å². The summed E-state index contributed by atoms with van der Waals surface area (Å²) < 4.78 is 0.746. The third kappa shape index (κ3) is 3.46. The number of halogens is 2. The van der Waals surface area contributed by atoms with Crippen molar-refractivity contribution in [3.63, 3.8) is 0 Å². The van der Waals surface area contributed by atoms with Crippen LogP contribution in [-0.2, 0) is 0 Å². The maximum atomic E-state index is 12.1. The van der Waals surface area contributed by atoms with Crippen LogP contribution in [0.15, 0.2) is 22.7 Å². The molecule has 1 amide bonds. The number of benzene rings is 1. The van der Waals surface area contributed by atoms with Crippen molar-refractivity contribution >= 4 is 33.4 Å². The van der Waals surface area contributed by atoms with E-state index in [1.807, 2.05) is 0 Å². The number of amides is 1. The molecule has 2 N–H and O–H groups in total. The van der Waals surface area contributed by atoms with Gasteiger partial charge in [-0.15, -0.1) is 0 Å². The van der Waals surface area contributed by atoms with E-state index in [0.717, 1.165) is 23.9 Å². The molecule has 2 unspecified atom stereocenters. The van der Waals surface area contributed by atoms with E-state index < -0.39 is 0 Å². The Balaban J connectivity index is 2.00. The van der Waals surface area contributed by atoms with Crippen molar-refractivity contribution in [2.75, 3.05) is 6.54 Å². The predicted octanol–water partition coefficient (Wildman–Crippen LogP) is 2.97. The monoisotopic (exact) mass is 330 g/mol. The zero-order valence-corrected chi connectivity index (χ0v) is 12.5. The first-order chi connectivity index (χ1) is 8.56. The highest BCUT2D eigenvalue weighted by Crippen LogP contribution is 2.23. The first kappa shape index (κ1) is 13.8. The molecule has 0 radical (unpaired) electrons. The summed E-state index contributed by atoms with van der Waals surface area (Å²) in [5.41, 5.74) is 0.637. The van der Waals surface area contributed by atoms with Crippen LogP contribution in [0.3, 0.4) is 0 Å². The van der Waals surface area contributed by atoms with Crippen molar-refractivity contribution in [3.05, 3.63) is 33.3 Å². The number of piperidine rings is 1. The molecule has 98 valence electrons. The fourth-order valence-corrected chi connectivity index (χ4v) is 2.67. The van der Waals surface area contributed by atoms with Crippen molar-refractivity contribution in [2.45, 2.75) is 31.8 Å². The SMILES string of the molecule is CC1CC(NC(=O)c2ccc(Cl)c(Br)c2)CCN1. The minimum Gasteiger partial charge on any atom is -0.349 e. The van der Waals surface area contributed by atoms with Gasteiger partial charge in [-0.2, -0.15) is 0 Å². The Labute approximate surface area is 120 Å². The molecular formula is C13H16BrClN2O. The normalized spacial score (nSPS) is 23.7. The highest BCUT2D eigenvalue weighted by molar-refractivity contribution is 9.10. The summed E-state index contributed by atoms with van der Waals surface area (Å²) in [5.74, 6) is -0.0357. The zero-order valence-electron chi connectivity index (χ0n) is 10.2. The van der Waals surface area contributed by atoms with Crippen LogP contribution in [0, 0.1) is 0 Å². The van der Waals surface area contributed by atoms with Gasteiger partial charge in [0.2, 0.25) is 0 Å². The van der Waals surface area contributed by atoms with E-state index in [1.165, 1.54) is 0 Å². The molecule has 3 nitrogen and oxygen atoms in total. The average molecular weight is 332 g/mol. The summed E-state index contributed by atoms with van der Waals surface area (Å²) in [5, 5.41) is 7.05. The zero-order chi connectivity index (χ0) is 13.1. The van der Waals surface area contributed by atoms with Gasteiger partial charge in [0, 0.05) is 22.1 Å². The molecule has 1 heterocycles. The Kier molecular flexibility index (Phi) is 4.65. The van der Waals surface area contributed by atoms with Gasteiger partial charge in [-0.05, 0) is 60.4 Å². The molecule has 5 heteroatoms.